The molecule has 2 fully saturated rings. The summed E-state index contributed by atoms with van der Waals surface area (Å²) in [5, 5.41) is 7.76. The number of imidazole rings is 1. The standard InChI is InChI=1S/C23H23N5O/c1-2-5-20-19(4-1)25-15-28(20)13-16-6-8-17(9-7-16)21-26-22(29-27-21)18-12-23(18)10-3-11-24-14-23/h1-2,4-9,15,18,24H,3,10-14H2. The highest BCUT2D eigenvalue weighted by atomic mass is 16.5. The molecule has 1 aliphatic heterocycles. The third-order valence-corrected chi connectivity index (χ3v) is 6.53. The summed E-state index contributed by atoms with van der Waals surface area (Å²) >= 11 is 0. The quantitative estimate of drug-likeness (QED) is 0.575. The molecule has 6 rings (SSSR count). The molecule has 1 aliphatic carbocycles. The largest absolute Gasteiger partial charge is 0.339 e. The normalized spacial score (nSPS) is 23.7. The zero-order chi connectivity index (χ0) is 19.3. The lowest BCUT2D eigenvalue weighted by molar-refractivity contribution is 0.314. The van der Waals surface area contributed by atoms with Gasteiger partial charge in [-0.05, 0) is 48.9 Å². The van der Waals surface area contributed by atoms with Crippen LogP contribution in [-0.4, -0.2) is 32.8 Å². The first-order chi connectivity index (χ1) is 14.3. The maximum atomic E-state index is 5.63. The summed E-state index contributed by atoms with van der Waals surface area (Å²) in [5.41, 5.74) is 4.75. The van der Waals surface area contributed by atoms with Gasteiger partial charge in [-0.3, -0.25) is 0 Å². The van der Waals surface area contributed by atoms with Crippen LogP contribution < -0.4 is 5.32 Å². The number of benzene rings is 2. The Kier molecular flexibility index (Phi) is 3.81. The van der Waals surface area contributed by atoms with Gasteiger partial charge in [-0.25, -0.2) is 4.98 Å². The Labute approximate surface area is 169 Å². The molecule has 4 aromatic rings. The van der Waals surface area contributed by atoms with Crippen molar-refractivity contribution >= 4 is 11.0 Å². The van der Waals surface area contributed by atoms with Crippen molar-refractivity contribution in [3.63, 3.8) is 0 Å². The van der Waals surface area contributed by atoms with Crippen LogP contribution in [-0.2, 0) is 6.54 Å². The number of piperidine rings is 1. The predicted molar refractivity (Wildman–Crippen MR) is 110 cm³/mol. The molecule has 2 aromatic carbocycles. The van der Waals surface area contributed by atoms with E-state index in [1.807, 2.05) is 24.5 Å². The molecule has 2 atom stereocenters. The summed E-state index contributed by atoms with van der Waals surface area (Å²) in [7, 11) is 0. The summed E-state index contributed by atoms with van der Waals surface area (Å²) < 4.78 is 7.80. The van der Waals surface area contributed by atoms with Crippen LogP contribution in [0.2, 0.25) is 0 Å². The Morgan fingerprint density at radius 2 is 2.03 bits per heavy atom. The molecular formula is C23H23N5O. The first-order valence-electron chi connectivity index (χ1n) is 10.3. The van der Waals surface area contributed by atoms with Gasteiger partial charge in [0.25, 0.3) is 0 Å². The number of hydrogen-bond donors (Lipinski definition) is 1. The van der Waals surface area contributed by atoms with Crippen LogP contribution in [0.15, 0.2) is 59.4 Å². The number of fused-ring (bicyclic) bond motifs is 1. The third-order valence-electron chi connectivity index (χ3n) is 6.53. The minimum absolute atomic E-state index is 0.361. The van der Waals surface area contributed by atoms with E-state index >= 15 is 0 Å². The number of rotatable bonds is 4. The van der Waals surface area contributed by atoms with Crippen molar-refractivity contribution < 1.29 is 4.52 Å². The highest BCUT2D eigenvalue weighted by Gasteiger charge is 2.57. The van der Waals surface area contributed by atoms with Gasteiger partial charge in [-0.1, -0.05) is 41.6 Å². The zero-order valence-electron chi connectivity index (χ0n) is 16.2. The van der Waals surface area contributed by atoms with Crippen LogP contribution in [0.1, 0.15) is 36.6 Å². The van der Waals surface area contributed by atoms with E-state index in [1.165, 1.54) is 24.8 Å². The molecule has 6 nitrogen and oxygen atoms in total. The SMILES string of the molecule is c1ccc2c(c1)ncn2Cc1ccc(-c2noc(C3CC34CCCNC4)n2)cc1. The number of nitrogens with zero attached hydrogens (tertiary/aromatic N) is 4. The van der Waals surface area contributed by atoms with Crippen molar-refractivity contribution in [1.82, 2.24) is 25.0 Å². The van der Waals surface area contributed by atoms with Gasteiger partial charge in [-0.15, -0.1) is 0 Å². The van der Waals surface area contributed by atoms with Crippen molar-refractivity contribution in [1.29, 1.82) is 0 Å². The molecule has 0 radical (unpaired) electrons. The van der Waals surface area contributed by atoms with E-state index in [9.17, 15) is 0 Å². The number of nitrogens with one attached hydrogen (secondary N) is 1. The lowest BCUT2D eigenvalue weighted by Gasteiger charge is -2.22. The summed E-state index contributed by atoms with van der Waals surface area (Å²) in [5.74, 6) is 1.91. The molecule has 146 valence electrons. The highest BCUT2D eigenvalue weighted by molar-refractivity contribution is 5.75. The zero-order valence-corrected chi connectivity index (χ0v) is 16.2. The van der Waals surface area contributed by atoms with E-state index in [4.69, 9.17) is 9.51 Å². The van der Waals surface area contributed by atoms with Crippen LogP contribution in [0, 0.1) is 5.41 Å². The minimum atomic E-state index is 0.361. The van der Waals surface area contributed by atoms with Gasteiger partial charge in [0.2, 0.25) is 11.7 Å². The van der Waals surface area contributed by atoms with Crippen LogP contribution in [0.3, 0.4) is 0 Å². The van der Waals surface area contributed by atoms with E-state index in [2.05, 4.69) is 50.4 Å². The van der Waals surface area contributed by atoms with Crippen molar-refractivity contribution in [3.8, 4) is 11.4 Å². The maximum absolute atomic E-state index is 5.63. The molecule has 2 aromatic heterocycles. The molecule has 2 unspecified atom stereocenters. The molecule has 1 spiro atoms. The van der Waals surface area contributed by atoms with Gasteiger partial charge in [0.1, 0.15) is 0 Å². The molecule has 3 heterocycles. The van der Waals surface area contributed by atoms with Crippen molar-refractivity contribution in [2.45, 2.75) is 31.7 Å². The van der Waals surface area contributed by atoms with Crippen LogP contribution in [0.5, 0.6) is 0 Å². The fourth-order valence-electron chi connectivity index (χ4n) is 4.75. The van der Waals surface area contributed by atoms with E-state index < -0.39 is 0 Å². The molecule has 0 amide bonds. The highest BCUT2D eigenvalue weighted by Crippen LogP contribution is 2.62. The summed E-state index contributed by atoms with van der Waals surface area (Å²) in [6.45, 7) is 2.99. The smallest absolute Gasteiger partial charge is 0.230 e. The Hall–Kier alpha value is -2.99. The summed E-state index contributed by atoms with van der Waals surface area (Å²) in [6, 6.07) is 16.6. The van der Waals surface area contributed by atoms with Crippen LogP contribution >= 0.6 is 0 Å². The Bertz CT molecular complexity index is 1150. The van der Waals surface area contributed by atoms with E-state index in [-0.39, 0.29) is 0 Å². The molecule has 6 heteroatoms. The molecule has 2 aliphatic rings. The molecule has 1 saturated heterocycles. The van der Waals surface area contributed by atoms with Gasteiger partial charge in [0.05, 0.1) is 17.4 Å². The second-order valence-corrected chi connectivity index (χ2v) is 8.41. The number of para-hydroxylation sites is 2. The molecule has 29 heavy (non-hydrogen) atoms. The van der Waals surface area contributed by atoms with Crippen LogP contribution in [0.4, 0.5) is 0 Å². The number of aromatic nitrogens is 4. The van der Waals surface area contributed by atoms with Gasteiger partial charge in [0.15, 0.2) is 0 Å². The maximum Gasteiger partial charge on any atom is 0.230 e. The molecule has 0 bridgehead atoms. The van der Waals surface area contributed by atoms with Gasteiger partial charge >= 0.3 is 0 Å². The third kappa shape index (κ3) is 2.95. The Morgan fingerprint density at radius 3 is 2.90 bits per heavy atom. The second kappa shape index (κ2) is 6.52. The first-order valence-corrected chi connectivity index (χ1v) is 10.3. The van der Waals surface area contributed by atoms with Gasteiger partial charge < -0.3 is 14.4 Å². The van der Waals surface area contributed by atoms with E-state index in [1.54, 1.807) is 0 Å². The molecule has 1 saturated carbocycles. The number of hydrogen-bond acceptors (Lipinski definition) is 5. The molecular weight excluding hydrogens is 362 g/mol. The average Bonchev–Trinajstić information content (AvgIpc) is 3.11. The lowest BCUT2D eigenvalue weighted by atomic mass is 9.94. The monoisotopic (exact) mass is 385 g/mol. The Morgan fingerprint density at radius 1 is 1.14 bits per heavy atom. The van der Waals surface area contributed by atoms with E-state index in [0.29, 0.717) is 17.2 Å². The van der Waals surface area contributed by atoms with Crippen molar-refractivity contribution in [3.05, 3.63) is 66.3 Å². The van der Waals surface area contributed by atoms with Gasteiger partial charge in [-0.2, -0.15) is 4.98 Å². The Balaban J connectivity index is 1.19. The fourth-order valence-corrected chi connectivity index (χ4v) is 4.75. The molecule has 1 N–H and O–H groups in total. The van der Waals surface area contributed by atoms with Crippen molar-refractivity contribution in [2.24, 2.45) is 5.41 Å². The average molecular weight is 385 g/mol. The second-order valence-electron chi connectivity index (χ2n) is 8.41. The van der Waals surface area contributed by atoms with E-state index in [0.717, 1.165) is 42.1 Å². The topological polar surface area (TPSA) is 68.8 Å². The van der Waals surface area contributed by atoms with Crippen molar-refractivity contribution in [2.75, 3.05) is 13.1 Å². The fraction of sp³-hybridized carbons (Fsp3) is 0.348. The summed E-state index contributed by atoms with van der Waals surface area (Å²) in [6.07, 6.45) is 5.57. The summed E-state index contributed by atoms with van der Waals surface area (Å²) in [4.78, 5) is 9.18. The van der Waals surface area contributed by atoms with Gasteiger partial charge in [0, 0.05) is 24.6 Å². The van der Waals surface area contributed by atoms with Crippen LogP contribution in [0.25, 0.3) is 22.4 Å². The lowest BCUT2D eigenvalue weighted by Crippen LogP contribution is -2.31. The first kappa shape index (κ1) is 16.9. The minimum Gasteiger partial charge on any atom is -0.339 e. The predicted octanol–water partition coefficient (Wildman–Crippen LogP) is 3.99.